The molecule has 0 rings (SSSR count). The van der Waals surface area contributed by atoms with Gasteiger partial charge in [0.1, 0.15) is 0 Å². The lowest BCUT2D eigenvalue weighted by Gasteiger charge is -2.18. The molecule has 0 spiro atoms. The highest BCUT2D eigenvalue weighted by Gasteiger charge is 2.26. The first-order valence-corrected chi connectivity index (χ1v) is 8.49. The molecule has 0 aliphatic rings. The average molecular weight is 307 g/mol. The predicted octanol–water partition coefficient (Wildman–Crippen LogP) is 1.06. The van der Waals surface area contributed by atoms with Gasteiger partial charge in [-0.2, -0.15) is 0 Å². The lowest BCUT2D eigenvalue weighted by atomic mass is 9.90. The fraction of sp³-hybridized carbons (Fsp3) is 0.846. The summed E-state index contributed by atoms with van der Waals surface area (Å²) >= 11 is 0. The van der Waals surface area contributed by atoms with Crippen LogP contribution in [0.25, 0.3) is 0 Å². The smallest absolute Gasteiger partial charge is 0.309 e. The molecule has 0 aromatic rings. The third kappa shape index (κ3) is 8.14. The van der Waals surface area contributed by atoms with Crippen LogP contribution in [0.2, 0.25) is 0 Å². The molecule has 0 aromatic carbocycles. The van der Waals surface area contributed by atoms with Crippen LogP contribution in [0.15, 0.2) is 0 Å². The van der Waals surface area contributed by atoms with Crippen molar-refractivity contribution in [2.24, 2.45) is 11.3 Å². The van der Waals surface area contributed by atoms with Crippen LogP contribution in [0.1, 0.15) is 40.5 Å². The zero-order valence-corrected chi connectivity index (χ0v) is 13.4. The highest BCUT2D eigenvalue weighted by Crippen LogP contribution is 2.19. The van der Waals surface area contributed by atoms with Crippen molar-refractivity contribution in [3.8, 4) is 0 Å². The second-order valence-electron chi connectivity index (χ2n) is 6.05. The molecule has 2 N–H and O–H groups in total. The minimum Gasteiger partial charge on any atom is -0.481 e. The van der Waals surface area contributed by atoms with E-state index < -0.39 is 21.2 Å². The zero-order valence-electron chi connectivity index (χ0n) is 12.6. The van der Waals surface area contributed by atoms with Crippen molar-refractivity contribution >= 4 is 21.7 Å². The molecule has 0 fully saturated rings. The van der Waals surface area contributed by atoms with Crippen LogP contribution >= 0.6 is 0 Å². The Morgan fingerprint density at radius 1 is 1.25 bits per heavy atom. The SMILES string of the molecule is CC(C)CS(=O)(=O)CCC(=O)NCCC(C)(C)C(=O)O. The number of carbonyl (C=O) groups excluding carboxylic acids is 1. The summed E-state index contributed by atoms with van der Waals surface area (Å²) in [6.45, 7) is 7.00. The van der Waals surface area contributed by atoms with Gasteiger partial charge in [0, 0.05) is 13.0 Å². The van der Waals surface area contributed by atoms with Gasteiger partial charge in [0.2, 0.25) is 5.91 Å². The molecule has 6 nitrogen and oxygen atoms in total. The maximum absolute atomic E-state index is 11.6. The summed E-state index contributed by atoms with van der Waals surface area (Å²) in [5.74, 6) is -1.34. The molecular weight excluding hydrogens is 282 g/mol. The number of sulfone groups is 1. The quantitative estimate of drug-likeness (QED) is 0.663. The fourth-order valence-electron chi connectivity index (χ4n) is 1.55. The molecule has 118 valence electrons. The summed E-state index contributed by atoms with van der Waals surface area (Å²) < 4.78 is 23.2. The second-order valence-corrected chi connectivity index (χ2v) is 8.28. The molecule has 0 heterocycles. The van der Waals surface area contributed by atoms with Crippen LogP contribution < -0.4 is 5.32 Å². The number of hydrogen-bond donors (Lipinski definition) is 2. The number of aliphatic carboxylic acids is 1. The molecule has 1 amide bonds. The van der Waals surface area contributed by atoms with Gasteiger partial charge in [0.05, 0.1) is 16.9 Å². The predicted molar refractivity (Wildman–Crippen MR) is 77.2 cm³/mol. The topological polar surface area (TPSA) is 101 Å². The molecule has 20 heavy (non-hydrogen) atoms. The van der Waals surface area contributed by atoms with Crippen LogP contribution in [0.3, 0.4) is 0 Å². The Kier molecular flexibility index (Phi) is 7.19. The van der Waals surface area contributed by atoms with Crippen molar-refractivity contribution in [2.75, 3.05) is 18.1 Å². The number of rotatable bonds is 9. The zero-order chi connectivity index (χ0) is 16.0. The van der Waals surface area contributed by atoms with Crippen molar-refractivity contribution in [2.45, 2.75) is 40.5 Å². The minimum atomic E-state index is -3.20. The summed E-state index contributed by atoms with van der Waals surface area (Å²) in [4.78, 5) is 22.4. The van der Waals surface area contributed by atoms with E-state index in [-0.39, 0.29) is 36.3 Å². The number of hydrogen-bond acceptors (Lipinski definition) is 4. The molecule has 0 aliphatic carbocycles. The Hall–Kier alpha value is -1.11. The van der Waals surface area contributed by atoms with Gasteiger partial charge in [0.15, 0.2) is 9.84 Å². The van der Waals surface area contributed by atoms with Crippen molar-refractivity contribution < 1.29 is 23.1 Å². The maximum Gasteiger partial charge on any atom is 0.309 e. The van der Waals surface area contributed by atoms with E-state index in [4.69, 9.17) is 5.11 Å². The van der Waals surface area contributed by atoms with E-state index in [0.717, 1.165) is 0 Å². The molecule has 0 radical (unpaired) electrons. The van der Waals surface area contributed by atoms with Gasteiger partial charge < -0.3 is 10.4 Å². The lowest BCUT2D eigenvalue weighted by molar-refractivity contribution is -0.147. The molecular formula is C13H25NO5S. The summed E-state index contributed by atoms with van der Waals surface area (Å²) in [7, 11) is -3.20. The largest absolute Gasteiger partial charge is 0.481 e. The van der Waals surface area contributed by atoms with Gasteiger partial charge in [-0.1, -0.05) is 13.8 Å². The highest BCUT2D eigenvalue weighted by molar-refractivity contribution is 7.91. The molecule has 0 aliphatic heterocycles. The summed E-state index contributed by atoms with van der Waals surface area (Å²) in [5.41, 5.74) is -0.906. The van der Waals surface area contributed by atoms with Crippen molar-refractivity contribution in [1.29, 1.82) is 0 Å². The summed E-state index contributed by atoms with van der Waals surface area (Å²) in [6.07, 6.45) is 0.218. The highest BCUT2D eigenvalue weighted by atomic mass is 32.2. The van der Waals surface area contributed by atoms with E-state index >= 15 is 0 Å². The maximum atomic E-state index is 11.6. The van der Waals surface area contributed by atoms with Crippen molar-refractivity contribution in [3.05, 3.63) is 0 Å². The third-order valence-electron chi connectivity index (χ3n) is 2.88. The van der Waals surface area contributed by atoms with Gasteiger partial charge in [0.25, 0.3) is 0 Å². The number of carboxylic acids is 1. The normalized spacial score (nSPS) is 12.4. The summed E-state index contributed by atoms with van der Waals surface area (Å²) in [6, 6.07) is 0. The molecule has 0 saturated heterocycles. The van der Waals surface area contributed by atoms with Gasteiger partial charge >= 0.3 is 5.97 Å². The number of nitrogens with one attached hydrogen (secondary N) is 1. The van der Waals surface area contributed by atoms with E-state index in [2.05, 4.69) is 5.32 Å². The van der Waals surface area contributed by atoms with E-state index in [9.17, 15) is 18.0 Å². The van der Waals surface area contributed by atoms with Gasteiger partial charge in [-0.05, 0) is 26.2 Å². The van der Waals surface area contributed by atoms with Crippen LogP contribution in [-0.2, 0) is 19.4 Å². The molecule has 0 aromatic heterocycles. The standard InChI is InChI=1S/C13H25NO5S/c1-10(2)9-20(18,19)8-5-11(15)14-7-6-13(3,4)12(16)17/h10H,5-9H2,1-4H3,(H,14,15)(H,16,17). The van der Waals surface area contributed by atoms with Gasteiger partial charge in [-0.25, -0.2) is 8.42 Å². The summed E-state index contributed by atoms with van der Waals surface area (Å²) in [5, 5.41) is 11.5. The molecule has 0 atom stereocenters. The Labute approximate surface area is 120 Å². The Bertz CT molecular complexity index is 440. The number of carboxylic acid groups (broad SMARTS) is 1. The second kappa shape index (κ2) is 7.61. The first kappa shape index (κ1) is 18.9. The van der Waals surface area contributed by atoms with E-state index in [0.29, 0.717) is 6.42 Å². The van der Waals surface area contributed by atoms with Crippen LogP contribution in [-0.4, -0.2) is 43.5 Å². The van der Waals surface area contributed by atoms with Crippen LogP contribution in [0.4, 0.5) is 0 Å². The fourth-order valence-corrected chi connectivity index (χ4v) is 3.23. The Morgan fingerprint density at radius 3 is 2.25 bits per heavy atom. The minimum absolute atomic E-state index is 0.0411. The van der Waals surface area contributed by atoms with Crippen LogP contribution in [0.5, 0.6) is 0 Å². The van der Waals surface area contributed by atoms with E-state index in [1.54, 1.807) is 13.8 Å². The number of carbonyl (C=O) groups is 2. The van der Waals surface area contributed by atoms with Gasteiger partial charge in [-0.15, -0.1) is 0 Å². The van der Waals surface area contributed by atoms with Crippen LogP contribution in [0, 0.1) is 11.3 Å². The van der Waals surface area contributed by atoms with E-state index in [1.165, 1.54) is 0 Å². The Balaban J connectivity index is 4.06. The third-order valence-corrected chi connectivity index (χ3v) is 4.88. The molecule has 0 unspecified atom stereocenters. The van der Waals surface area contributed by atoms with Crippen molar-refractivity contribution in [3.63, 3.8) is 0 Å². The molecule has 0 bridgehead atoms. The lowest BCUT2D eigenvalue weighted by Crippen LogP contribution is -2.32. The average Bonchev–Trinajstić information content (AvgIpc) is 2.24. The Morgan fingerprint density at radius 2 is 1.80 bits per heavy atom. The molecule has 7 heteroatoms. The number of amides is 1. The first-order valence-electron chi connectivity index (χ1n) is 6.67. The molecule has 0 saturated carbocycles. The van der Waals surface area contributed by atoms with E-state index in [1.807, 2.05) is 13.8 Å². The monoisotopic (exact) mass is 307 g/mol. The first-order chi connectivity index (χ1) is 8.96. The van der Waals surface area contributed by atoms with Gasteiger partial charge in [-0.3, -0.25) is 9.59 Å². The van der Waals surface area contributed by atoms with Crippen molar-refractivity contribution in [1.82, 2.24) is 5.32 Å².